The Morgan fingerprint density at radius 2 is 2.42 bits per heavy atom. The Hall–Kier alpha value is -0.900. The van der Waals surface area contributed by atoms with Crippen LogP contribution in [0.2, 0.25) is 0 Å². The Morgan fingerprint density at radius 1 is 1.67 bits per heavy atom. The molecule has 12 heavy (non-hydrogen) atoms. The van der Waals surface area contributed by atoms with E-state index in [9.17, 15) is 0 Å². The molecular formula is C8H16N4. The summed E-state index contributed by atoms with van der Waals surface area (Å²) in [7, 11) is 1.86. The molecule has 0 bridgehead atoms. The highest BCUT2D eigenvalue weighted by atomic mass is 15.4. The molecule has 0 fully saturated rings. The van der Waals surface area contributed by atoms with Gasteiger partial charge in [-0.3, -0.25) is 4.68 Å². The number of hydrogen-bond acceptors (Lipinski definition) is 3. The lowest BCUT2D eigenvalue weighted by Crippen LogP contribution is -2.22. The molecule has 1 aromatic rings. The summed E-state index contributed by atoms with van der Waals surface area (Å²) in [6.07, 6.45) is 4.93. The Kier molecular flexibility index (Phi) is 3.22. The first-order valence-electron chi connectivity index (χ1n) is 4.33. The van der Waals surface area contributed by atoms with E-state index in [0.717, 1.165) is 25.0 Å². The fraction of sp³-hybridized carbons (Fsp3) is 0.750. The molecule has 1 unspecified atom stereocenters. The Bertz CT molecular complexity index is 231. The largest absolute Gasteiger partial charge is 0.327 e. The van der Waals surface area contributed by atoms with Crippen molar-refractivity contribution in [3.8, 4) is 0 Å². The van der Waals surface area contributed by atoms with Crippen LogP contribution in [-0.4, -0.2) is 21.0 Å². The second-order valence-corrected chi connectivity index (χ2v) is 3.14. The molecule has 0 spiro atoms. The fourth-order valence-electron chi connectivity index (χ4n) is 1.23. The zero-order valence-electron chi connectivity index (χ0n) is 7.70. The smallest absolute Gasteiger partial charge is 0.0842 e. The van der Waals surface area contributed by atoms with Gasteiger partial charge in [0, 0.05) is 25.7 Å². The van der Waals surface area contributed by atoms with E-state index in [1.165, 1.54) is 0 Å². The number of nitrogens with zero attached hydrogens (tertiary/aromatic N) is 3. The van der Waals surface area contributed by atoms with Crippen molar-refractivity contribution in [1.82, 2.24) is 15.0 Å². The number of rotatable bonds is 4. The molecule has 0 aliphatic rings. The van der Waals surface area contributed by atoms with Gasteiger partial charge in [0.1, 0.15) is 0 Å². The Labute approximate surface area is 72.8 Å². The third kappa shape index (κ3) is 2.62. The minimum absolute atomic E-state index is 0.228. The molecule has 2 N–H and O–H groups in total. The van der Waals surface area contributed by atoms with Crippen molar-refractivity contribution in [2.75, 3.05) is 0 Å². The van der Waals surface area contributed by atoms with Gasteiger partial charge in [-0.25, -0.2) is 0 Å². The minimum atomic E-state index is 0.228. The van der Waals surface area contributed by atoms with Crippen LogP contribution in [0.1, 0.15) is 25.5 Å². The van der Waals surface area contributed by atoms with Gasteiger partial charge in [-0.1, -0.05) is 18.6 Å². The molecule has 1 rings (SSSR count). The number of hydrogen-bond donors (Lipinski definition) is 1. The van der Waals surface area contributed by atoms with Gasteiger partial charge in [-0.2, -0.15) is 0 Å². The highest BCUT2D eigenvalue weighted by Crippen LogP contribution is 2.01. The van der Waals surface area contributed by atoms with E-state index in [-0.39, 0.29) is 6.04 Å². The van der Waals surface area contributed by atoms with Crippen molar-refractivity contribution < 1.29 is 0 Å². The van der Waals surface area contributed by atoms with Gasteiger partial charge in [0.15, 0.2) is 0 Å². The molecule has 0 saturated heterocycles. The van der Waals surface area contributed by atoms with Crippen LogP contribution in [-0.2, 0) is 13.5 Å². The maximum Gasteiger partial charge on any atom is 0.0842 e. The van der Waals surface area contributed by atoms with Crippen LogP contribution in [0.15, 0.2) is 6.20 Å². The molecule has 0 radical (unpaired) electrons. The van der Waals surface area contributed by atoms with Crippen LogP contribution in [0, 0.1) is 0 Å². The van der Waals surface area contributed by atoms with Gasteiger partial charge in [-0.05, 0) is 6.42 Å². The summed E-state index contributed by atoms with van der Waals surface area (Å²) >= 11 is 0. The zero-order valence-corrected chi connectivity index (χ0v) is 7.70. The van der Waals surface area contributed by atoms with Gasteiger partial charge in [0.05, 0.1) is 5.69 Å². The lowest BCUT2D eigenvalue weighted by atomic mass is 10.1. The lowest BCUT2D eigenvalue weighted by molar-refractivity contribution is 0.592. The summed E-state index contributed by atoms with van der Waals surface area (Å²) in [6.45, 7) is 2.14. The van der Waals surface area contributed by atoms with Gasteiger partial charge >= 0.3 is 0 Å². The third-order valence-corrected chi connectivity index (χ3v) is 1.78. The molecule has 1 atom stereocenters. The highest BCUT2D eigenvalue weighted by Gasteiger charge is 2.05. The van der Waals surface area contributed by atoms with E-state index >= 15 is 0 Å². The second-order valence-electron chi connectivity index (χ2n) is 3.14. The minimum Gasteiger partial charge on any atom is -0.327 e. The van der Waals surface area contributed by atoms with Crippen LogP contribution < -0.4 is 5.73 Å². The van der Waals surface area contributed by atoms with Crippen LogP contribution in [0.3, 0.4) is 0 Å². The van der Waals surface area contributed by atoms with Crippen LogP contribution >= 0.6 is 0 Å². The zero-order chi connectivity index (χ0) is 8.97. The molecular weight excluding hydrogens is 152 g/mol. The average molecular weight is 168 g/mol. The van der Waals surface area contributed by atoms with E-state index in [1.54, 1.807) is 4.68 Å². The van der Waals surface area contributed by atoms with Crippen molar-refractivity contribution in [2.24, 2.45) is 12.8 Å². The fourth-order valence-corrected chi connectivity index (χ4v) is 1.23. The first kappa shape index (κ1) is 9.19. The van der Waals surface area contributed by atoms with Crippen molar-refractivity contribution in [1.29, 1.82) is 0 Å². The van der Waals surface area contributed by atoms with Crippen LogP contribution in [0.4, 0.5) is 0 Å². The lowest BCUT2D eigenvalue weighted by Gasteiger charge is -2.06. The van der Waals surface area contributed by atoms with Crippen molar-refractivity contribution in [2.45, 2.75) is 32.2 Å². The van der Waals surface area contributed by atoms with Crippen molar-refractivity contribution in [3.05, 3.63) is 11.9 Å². The molecule has 0 aliphatic heterocycles. The van der Waals surface area contributed by atoms with E-state index < -0.39 is 0 Å². The Morgan fingerprint density at radius 3 is 2.92 bits per heavy atom. The molecule has 4 heteroatoms. The van der Waals surface area contributed by atoms with E-state index in [1.807, 2.05) is 13.2 Å². The van der Waals surface area contributed by atoms with E-state index in [2.05, 4.69) is 17.2 Å². The molecule has 0 saturated carbocycles. The molecule has 0 aliphatic carbocycles. The van der Waals surface area contributed by atoms with Gasteiger partial charge < -0.3 is 5.73 Å². The summed E-state index contributed by atoms with van der Waals surface area (Å²) < 4.78 is 1.70. The SMILES string of the molecule is CCCC(N)Cc1cn(C)nn1. The molecule has 68 valence electrons. The summed E-state index contributed by atoms with van der Waals surface area (Å²) in [6, 6.07) is 0.228. The van der Waals surface area contributed by atoms with Gasteiger partial charge in [-0.15, -0.1) is 5.10 Å². The van der Waals surface area contributed by atoms with Crippen LogP contribution in [0.25, 0.3) is 0 Å². The quantitative estimate of drug-likeness (QED) is 0.711. The second kappa shape index (κ2) is 4.21. The van der Waals surface area contributed by atoms with Crippen LogP contribution in [0.5, 0.6) is 0 Å². The molecule has 1 aromatic heterocycles. The molecule has 1 heterocycles. The van der Waals surface area contributed by atoms with E-state index in [0.29, 0.717) is 0 Å². The molecule has 0 aromatic carbocycles. The molecule has 4 nitrogen and oxygen atoms in total. The van der Waals surface area contributed by atoms with E-state index in [4.69, 9.17) is 5.73 Å². The monoisotopic (exact) mass is 168 g/mol. The van der Waals surface area contributed by atoms with Gasteiger partial charge in [0.25, 0.3) is 0 Å². The summed E-state index contributed by atoms with van der Waals surface area (Å²) in [5, 5.41) is 7.81. The predicted octanol–water partition coefficient (Wildman–Crippen LogP) is 0.485. The first-order valence-corrected chi connectivity index (χ1v) is 4.33. The summed E-state index contributed by atoms with van der Waals surface area (Å²) in [5.41, 5.74) is 6.83. The number of aryl methyl sites for hydroxylation is 1. The average Bonchev–Trinajstić information content (AvgIpc) is 2.36. The van der Waals surface area contributed by atoms with Crippen molar-refractivity contribution >= 4 is 0 Å². The summed E-state index contributed by atoms with van der Waals surface area (Å²) in [4.78, 5) is 0. The highest BCUT2D eigenvalue weighted by molar-refractivity contribution is 4.94. The topological polar surface area (TPSA) is 56.7 Å². The Balaban J connectivity index is 2.41. The summed E-state index contributed by atoms with van der Waals surface area (Å²) in [5.74, 6) is 0. The van der Waals surface area contributed by atoms with Gasteiger partial charge in [0.2, 0.25) is 0 Å². The number of aromatic nitrogens is 3. The normalized spacial score (nSPS) is 13.2. The molecule has 0 amide bonds. The van der Waals surface area contributed by atoms with Crippen molar-refractivity contribution in [3.63, 3.8) is 0 Å². The standard InChI is InChI=1S/C8H16N4/c1-3-4-7(9)5-8-6-12(2)11-10-8/h6-7H,3-5,9H2,1-2H3. The first-order chi connectivity index (χ1) is 5.72. The third-order valence-electron chi connectivity index (χ3n) is 1.78. The maximum atomic E-state index is 5.85. The maximum absolute atomic E-state index is 5.85. The number of nitrogens with two attached hydrogens (primary N) is 1. The predicted molar refractivity (Wildman–Crippen MR) is 47.6 cm³/mol.